The molecule has 21 heavy (non-hydrogen) atoms. The molecule has 0 aromatic carbocycles. The van der Waals surface area contributed by atoms with E-state index in [4.69, 9.17) is 0 Å². The molecule has 1 amide bonds. The summed E-state index contributed by atoms with van der Waals surface area (Å²) in [5.74, 6) is -0.161. The van der Waals surface area contributed by atoms with Gasteiger partial charge in [-0.3, -0.25) is 4.79 Å². The van der Waals surface area contributed by atoms with Crippen LogP contribution < -0.4 is 5.32 Å². The van der Waals surface area contributed by atoms with Gasteiger partial charge in [0.25, 0.3) is 0 Å². The van der Waals surface area contributed by atoms with Gasteiger partial charge < -0.3 is 10.2 Å². The van der Waals surface area contributed by atoms with Gasteiger partial charge in [0.15, 0.2) is 14.6 Å². The van der Waals surface area contributed by atoms with E-state index in [1.165, 1.54) is 6.26 Å². The number of hydrogen-bond acceptors (Lipinski definition) is 4. The summed E-state index contributed by atoms with van der Waals surface area (Å²) >= 11 is 0. The number of carbonyl (C=O) groups excluding carboxylic acids is 1. The van der Waals surface area contributed by atoms with Gasteiger partial charge >= 0.3 is 0 Å². The van der Waals surface area contributed by atoms with E-state index in [1.54, 1.807) is 0 Å². The zero-order valence-electron chi connectivity index (χ0n) is 13.4. The summed E-state index contributed by atoms with van der Waals surface area (Å²) in [6, 6.07) is 0. The van der Waals surface area contributed by atoms with Crippen molar-refractivity contribution in [2.24, 2.45) is 5.41 Å². The minimum atomic E-state index is -3.41. The quantitative estimate of drug-likeness (QED) is 0.849. The van der Waals surface area contributed by atoms with Gasteiger partial charge in [-0.05, 0) is 50.6 Å². The molecule has 2 saturated heterocycles. The van der Waals surface area contributed by atoms with Crippen LogP contribution in [0, 0.1) is 5.41 Å². The van der Waals surface area contributed by atoms with E-state index < -0.39 is 14.6 Å². The maximum Gasteiger partial charge on any atom is 0.244 e. The smallest absolute Gasteiger partial charge is 0.244 e. The Hall–Kier alpha value is -0.620. The molecule has 122 valence electrons. The predicted molar refractivity (Wildman–Crippen MR) is 83.9 cm³/mol. The number of amides is 1. The van der Waals surface area contributed by atoms with Crippen LogP contribution >= 0.6 is 0 Å². The number of rotatable bonds is 3. The van der Waals surface area contributed by atoms with Crippen molar-refractivity contribution in [3.8, 4) is 0 Å². The molecule has 0 aromatic heterocycles. The molecule has 2 heterocycles. The van der Waals surface area contributed by atoms with E-state index in [9.17, 15) is 13.2 Å². The topological polar surface area (TPSA) is 66.5 Å². The Labute approximate surface area is 128 Å². The second-order valence-electron chi connectivity index (χ2n) is 7.01. The first-order valence-corrected chi connectivity index (χ1v) is 9.83. The lowest BCUT2D eigenvalue weighted by molar-refractivity contribution is -0.138. The molecule has 0 saturated carbocycles. The summed E-state index contributed by atoms with van der Waals surface area (Å²) in [6.07, 6.45) is 5.10. The number of carbonyl (C=O) groups is 1. The normalized spacial score (nSPS) is 30.1. The van der Waals surface area contributed by atoms with Crippen LogP contribution in [0.3, 0.4) is 0 Å². The third-order valence-corrected chi connectivity index (χ3v) is 7.43. The highest BCUT2D eigenvalue weighted by molar-refractivity contribution is 7.92. The monoisotopic (exact) mass is 316 g/mol. The van der Waals surface area contributed by atoms with Crippen molar-refractivity contribution in [3.63, 3.8) is 0 Å². The maximum atomic E-state index is 13.0. The maximum absolute atomic E-state index is 13.0. The molecular formula is C15H28N2O3S. The number of hydrogen-bond donors (Lipinski definition) is 1. The molecule has 1 atom stereocenters. The third-order valence-electron chi connectivity index (χ3n) is 5.43. The van der Waals surface area contributed by atoms with E-state index in [0.29, 0.717) is 39.0 Å². The summed E-state index contributed by atoms with van der Waals surface area (Å²) in [7, 11) is -3.41. The molecule has 5 nitrogen and oxygen atoms in total. The van der Waals surface area contributed by atoms with Gasteiger partial charge in [0.1, 0.15) is 0 Å². The van der Waals surface area contributed by atoms with Crippen molar-refractivity contribution >= 4 is 15.7 Å². The molecule has 0 radical (unpaired) electrons. The molecule has 0 aromatic rings. The number of sulfone groups is 1. The van der Waals surface area contributed by atoms with Crippen LogP contribution in [0.2, 0.25) is 0 Å². The average Bonchev–Trinajstić information content (AvgIpc) is 2.46. The van der Waals surface area contributed by atoms with Crippen LogP contribution in [-0.2, 0) is 14.6 Å². The SMILES string of the molecule is CCC1(C)CCCN(C(=O)C2(S(C)(=O)=O)CCNCC2)C1. The van der Waals surface area contributed by atoms with Crippen molar-refractivity contribution in [3.05, 3.63) is 0 Å². The summed E-state index contributed by atoms with van der Waals surface area (Å²) in [6.45, 7) is 6.91. The third kappa shape index (κ3) is 3.11. The first-order chi connectivity index (χ1) is 9.74. The van der Waals surface area contributed by atoms with Crippen molar-refractivity contribution in [1.29, 1.82) is 0 Å². The fourth-order valence-electron chi connectivity index (χ4n) is 3.64. The highest BCUT2D eigenvalue weighted by Crippen LogP contribution is 2.36. The Balaban J connectivity index is 2.27. The predicted octanol–water partition coefficient (Wildman–Crippen LogP) is 1.19. The summed E-state index contributed by atoms with van der Waals surface area (Å²) < 4.78 is 23.5. The molecule has 6 heteroatoms. The second kappa shape index (κ2) is 5.88. The van der Waals surface area contributed by atoms with Gasteiger partial charge in [-0.2, -0.15) is 0 Å². The van der Waals surface area contributed by atoms with Gasteiger partial charge in [-0.25, -0.2) is 8.42 Å². The molecule has 2 aliphatic rings. The molecular weight excluding hydrogens is 288 g/mol. The van der Waals surface area contributed by atoms with Crippen LogP contribution in [0.1, 0.15) is 46.0 Å². The zero-order chi connectivity index (χ0) is 15.7. The van der Waals surface area contributed by atoms with Crippen molar-refractivity contribution < 1.29 is 13.2 Å². The lowest BCUT2D eigenvalue weighted by Crippen LogP contribution is -2.60. The highest BCUT2D eigenvalue weighted by atomic mass is 32.2. The highest BCUT2D eigenvalue weighted by Gasteiger charge is 2.51. The van der Waals surface area contributed by atoms with E-state index in [1.807, 2.05) is 4.90 Å². The standard InChI is InChI=1S/C15H28N2O3S/c1-4-14(2)6-5-11-17(12-14)13(18)15(21(3,19)20)7-9-16-10-8-15/h16H,4-12H2,1-3H3. The van der Waals surface area contributed by atoms with E-state index in [-0.39, 0.29) is 11.3 Å². The Bertz CT molecular complexity index is 497. The van der Waals surface area contributed by atoms with E-state index in [2.05, 4.69) is 19.2 Å². The van der Waals surface area contributed by atoms with Gasteiger partial charge in [0.05, 0.1) is 0 Å². The molecule has 2 rings (SSSR count). The largest absolute Gasteiger partial charge is 0.341 e. The van der Waals surface area contributed by atoms with Crippen LogP contribution in [0.25, 0.3) is 0 Å². The number of nitrogens with one attached hydrogen (secondary N) is 1. The Kier molecular flexibility index (Phi) is 4.69. The number of likely N-dealkylation sites (tertiary alicyclic amines) is 1. The lowest BCUT2D eigenvalue weighted by atomic mass is 9.79. The minimum absolute atomic E-state index is 0.125. The zero-order valence-corrected chi connectivity index (χ0v) is 14.3. The first-order valence-electron chi connectivity index (χ1n) is 7.94. The summed E-state index contributed by atoms with van der Waals surface area (Å²) in [5.41, 5.74) is 0.125. The number of piperidine rings is 2. The fourth-order valence-corrected chi connectivity index (χ4v) is 5.03. The second-order valence-corrected chi connectivity index (χ2v) is 9.34. The summed E-state index contributed by atoms with van der Waals surface area (Å²) in [4.78, 5) is 14.9. The van der Waals surface area contributed by atoms with Crippen LogP contribution in [0.15, 0.2) is 0 Å². The molecule has 0 aliphatic carbocycles. The average molecular weight is 316 g/mol. The Morgan fingerprint density at radius 1 is 1.24 bits per heavy atom. The molecule has 1 N–H and O–H groups in total. The molecule has 0 spiro atoms. The van der Waals surface area contributed by atoms with Gasteiger partial charge in [0.2, 0.25) is 5.91 Å². The van der Waals surface area contributed by atoms with E-state index in [0.717, 1.165) is 19.3 Å². The van der Waals surface area contributed by atoms with Gasteiger partial charge in [0, 0.05) is 19.3 Å². The van der Waals surface area contributed by atoms with Crippen molar-refractivity contribution in [2.75, 3.05) is 32.4 Å². The van der Waals surface area contributed by atoms with Crippen LogP contribution in [-0.4, -0.2) is 56.4 Å². The van der Waals surface area contributed by atoms with Gasteiger partial charge in [-0.1, -0.05) is 13.8 Å². The van der Waals surface area contributed by atoms with Gasteiger partial charge in [-0.15, -0.1) is 0 Å². The van der Waals surface area contributed by atoms with E-state index >= 15 is 0 Å². The molecule has 0 bridgehead atoms. The molecule has 2 fully saturated rings. The fraction of sp³-hybridized carbons (Fsp3) is 0.933. The Morgan fingerprint density at radius 3 is 2.38 bits per heavy atom. The molecule has 2 aliphatic heterocycles. The first kappa shape index (κ1) is 16.7. The molecule has 1 unspecified atom stereocenters. The van der Waals surface area contributed by atoms with Crippen LogP contribution in [0.4, 0.5) is 0 Å². The Morgan fingerprint density at radius 2 is 1.86 bits per heavy atom. The van der Waals surface area contributed by atoms with Crippen LogP contribution in [0.5, 0.6) is 0 Å². The van der Waals surface area contributed by atoms with Crippen molar-refractivity contribution in [2.45, 2.75) is 50.7 Å². The van der Waals surface area contributed by atoms with Crippen molar-refractivity contribution in [1.82, 2.24) is 10.2 Å². The number of nitrogens with zero attached hydrogens (tertiary/aromatic N) is 1. The summed E-state index contributed by atoms with van der Waals surface area (Å²) in [5, 5.41) is 3.16. The lowest BCUT2D eigenvalue weighted by Gasteiger charge is -2.45. The minimum Gasteiger partial charge on any atom is -0.341 e.